The fourth-order valence-electron chi connectivity index (χ4n) is 17.6. The Labute approximate surface area is 320 Å². The van der Waals surface area contributed by atoms with Crippen LogP contribution in [0.5, 0.6) is 0 Å². The minimum absolute atomic E-state index is 0.0370. The molecule has 4 saturated heterocycles. The number of nitrogens with zero attached hydrogens (tertiary/aromatic N) is 2. The number of cyclic esters (lactones) is 1. The first-order valence-electron chi connectivity index (χ1n) is 21.7. The number of ether oxygens (including phenoxy) is 2. The molecule has 15 unspecified atom stereocenters. The van der Waals surface area contributed by atoms with E-state index in [1.807, 2.05) is 0 Å². The van der Waals surface area contributed by atoms with Crippen LogP contribution < -0.4 is 4.90 Å². The Morgan fingerprint density at radius 3 is 2.61 bits per heavy atom. The molecule has 1 spiro atoms. The highest BCUT2D eigenvalue weighted by Crippen LogP contribution is 2.73. The highest BCUT2D eigenvalue weighted by atomic mass is 16.5. The number of rotatable bonds is 5. The lowest BCUT2D eigenvalue weighted by Gasteiger charge is -2.67. The smallest absolute Gasteiger partial charge is 0.362 e. The molecule has 0 radical (unpaired) electrons. The molecule has 0 amide bonds. The molecule has 292 valence electrons. The zero-order valence-corrected chi connectivity index (χ0v) is 32.7. The molecule has 5 aliphatic carbocycles. The normalized spacial score (nSPS) is 54.4. The lowest BCUT2D eigenvalue weighted by molar-refractivity contribution is -1.03. The van der Waals surface area contributed by atoms with Crippen molar-refractivity contribution in [3.8, 4) is 0 Å². The average Bonchev–Trinajstić information content (AvgIpc) is 3.83. The molecule has 6 heterocycles. The quantitative estimate of drug-likeness (QED) is 0.278. The molecule has 5 saturated carbocycles. The Morgan fingerprint density at radius 1 is 1.02 bits per heavy atom. The number of carbonyl (C=O) groups excluding carboxylic acids is 2. The predicted octanol–water partition coefficient (Wildman–Crippen LogP) is 5.24. The third kappa shape index (κ3) is 3.88. The van der Waals surface area contributed by atoms with Crippen molar-refractivity contribution in [1.29, 1.82) is 0 Å². The molecular weight excluding hydrogens is 681 g/mol. The molecule has 9 nitrogen and oxygen atoms in total. The third-order valence-electron chi connectivity index (χ3n) is 19.8. The van der Waals surface area contributed by atoms with Crippen molar-refractivity contribution in [3.63, 3.8) is 0 Å². The van der Waals surface area contributed by atoms with Gasteiger partial charge in [0, 0.05) is 48.9 Å². The Balaban J connectivity index is 0.829. The van der Waals surface area contributed by atoms with Gasteiger partial charge in [-0.15, -0.1) is 0 Å². The average molecular weight is 742 g/mol. The van der Waals surface area contributed by atoms with E-state index in [1.165, 1.54) is 11.3 Å². The summed E-state index contributed by atoms with van der Waals surface area (Å²) in [6.07, 6.45) is 11.5. The van der Waals surface area contributed by atoms with Crippen LogP contribution in [0, 0.1) is 52.3 Å². The molecule has 3 N–H and O–H groups in total. The van der Waals surface area contributed by atoms with Crippen LogP contribution in [0.25, 0.3) is 0 Å². The SMILES string of the molecule is CCC1C2CC3C4N(C)c5ccccc5C45CC(C2C5O)[N+]3(CC(=O)OC2CCC3(C)C(CC[C@@H]4[C@@H]3CCC3(C)C(C5=CC(=O)OC5)CCC43O)C2)[C@@H]1O. The van der Waals surface area contributed by atoms with Crippen LogP contribution >= 0.6 is 0 Å². The van der Waals surface area contributed by atoms with Crippen molar-refractivity contribution < 1.29 is 38.9 Å². The van der Waals surface area contributed by atoms with E-state index in [2.05, 4.69) is 57.0 Å². The first-order chi connectivity index (χ1) is 25.8. The highest BCUT2D eigenvalue weighted by Gasteiger charge is 2.83. The Morgan fingerprint density at radius 2 is 1.83 bits per heavy atom. The van der Waals surface area contributed by atoms with Crippen LogP contribution in [0.4, 0.5) is 5.69 Å². The summed E-state index contributed by atoms with van der Waals surface area (Å²) in [5, 5.41) is 37.5. The number of piperidine rings is 4. The number of esters is 2. The first kappa shape index (κ1) is 34.8. The molecule has 54 heavy (non-hydrogen) atoms. The van der Waals surface area contributed by atoms with Gasteiger partial charge in [-0.25, -0.2) is 9.59 Å². The largest absolute Gasteiger partial charge is 0.458 e. The van der Waals surface area contributed by atoms with Gasteiger partial charge in [0.15, 0.2) is 12.8 Å². The molecule has 9 heteroatoms. The van der Waals surface area contributed by atoms with Crippen LogP contribution in [0.3, 0.4) is 0 Å². The zero-order valence-electron chi connectivity index (χ0n) is 32.7. The van der Waals surface area contributed by atoms with Crippen LogP contribution in [-0.4, -0.2) is 94.1 Å². The number of para-hydroxylation sites is 1. The molecule has 12 rings (SSSR count). The van der Waals surface area contributed by atoms with Gasteiger partial charge in [-0.1, -0.05) is 39.0 Å². The summed E-state index contributed by atoms with van der Waals surface area (Å²) in [7, 11) is 2.17. The van der Waals surface area contributed by atoms with E-state index in [0.717, 1.165) is 82.6 Å². The van der Waals surface area contributed by atoms with E-state index in [-0.39, 0.29) is 88.5 Å². The van der Waals surface area contributed by atoms with E-state index in [1.54, 1.807) is 6.08 Å². The summed E-state index contributed by atoms with van der Waals surface area (Å²) in [4.78, 5) is 28.8. The number of quaternary nitrogens is 1. The zero-order chi connectivity index (χ0) is 37.3. The van der Waals surface area contributed by atoms with Gasteiger partial charge in [-0.3, -0.25) is 4.48 Å². The summed E-state index contributed by atoms with van der Waals surface area (Å²) in [5.74, 6) is 1.32. The van der Waals surface area contributed by atoms with Gasteiger partial charge in [-0.05, 0) is 116 Å². The van der Waals surface area contributed by atoms with Crippen molar-refractivity contribution in [3.05, 3.63) is 41.5 Å². The maximum atomic E-state index is 14.5. The van der Waals surface area contributed by atoms with Crippen molar-refractivity contribution in [2.24, 2.45) is 52.3 Å². The lowest BCUT2D eigenvalue weighted by Crippen LogP contribution is -2.83. The number of likely N-dealkylation sites (N-methyl/N-ethyl adjacent to an activating group) is 1. The number of benzene rings is 1. The van der Waals surface area contributed by atoms with Crippen LogP contribution in [0.1, 0.15) is 103 Å². The predicted molar refractivity (Wildman–Crippen MR) is 201 cm³/mol. The fraction of sp³-hybridized carbons (Fsp3) is 0.778. The summed E-state index contributed by atoms with van der Waals surface area (Å²) in [6.45, 7) is 7.48. The highest BCUT2D eigenvalue weighted by molar-refractivity contribution is 5.85. The molecule has 9 fully saturated rings. The summed E-state index contributed by atoms with van der Waals surface area (Å²) < 4.78 is 12.3. The molecule has 5 bridgehead atoms. The van der Waals surface area contributed by atoms with Crippen molar-refractivity contribution in [2.75, 3.05) is 25.1 Å². The minimum atomic E-state index is -0.739. The summed E-state index contributed by atoms with van der Waals surface area (Å²) >= 11 is 0. The Bertz CT molecular complexity index is 1830. The number of fused-ring (bicyclic) bond motifs is 7. The van der Waals surface area contributed by atoms with Gasteiger partial charge in [-0.2, -0.15) is 0 Å². The van der Waals surface area contributed by atoms with Gasteiger partial charge in [0.1, 0.15) is 18.8 Å². The number of aliphatic hydroxyl groups excluding tert-OH is 2. The second kappa shape index (κ2) is 11.1. The van der Waals surface area contributed by atoms with Crippen LogP contribution in [0.2, 0.25) is 0 Å². The molecule has 18 atom stereocenters. The topological polar surface area (TPSA) is 117 Å². The second-order valence-electron chi connectivity index (χ2n) is 20.7. The van der Waals surface area contributed by atoms with Crippen molar-refractivity contribution in [1.82, 2.24) is 0 Å². The second-order valence-corrected chi connectivity index (χ2v) is 20.7. The third-order valence-corrected chi connectivity index (χ3v) is 19.8. The number of carbonyl (C=O) groups is 2. The summed E-state index contributed by atoms with van der Waals surface area (Å²) in [5.41, 5.74) is 2.28. The number of aliphatic hydroxyl groups is 3. The Kier molecular flexibility index (Phi) is 7.17. The van der Waals surface area contributed by atoms with E-state index in [0.29, 0.717) is 22.9 Å². The van der Waals surface area contributed by atoms with Gasteiger partial charge in [0.2, 0.25) is 0 Å². The van der Waals surface area contributed by atoms with E-state index < -0.39 is 17.9 Å². The molecule has 1 aromatic carbocycles. The molecular formula is C45H61N2O7+. The summed E-state index contributed by atoms with van der Waals surface area (Å²) in [6, 6.07) is 8.74. The lowest BCUT2D eigenvalue weighted by atomic mass is 9.43. The minimum Gasteiger partial charge on any atom is -0.458 e. The van der Waals surface area contributed by atoms with Gasteiger partial charge in [0.25, 0.3) is 0 Å². The van der Waals surface area contributed by atoms with Crippen LogP contribution in [-0.2, 0) is 24.5 Å². The molecule has 6 aliphatic heterocycles. The molecule has 1 aromatic rings. The van der Waals surface area contributed by atoms with E-state index >= 15 is 0 Å². The Hall–Kier alpha value is -2.46. The molecule has 0 aromatic heterocycles. The maximum absolute atomic E-state index is 14.5. The van der Waals surface area contributed by atoms with E-state index in [4.69, 9.17) is 9.47 Å². The van der Waals surface area contributed by atoms with Crippen molar-refractivity contribution in [2.45, 2.75) is 145 Å². The van der Waals surface area contributed by atoms with Crippen LogP contribution in [0.15, 0.2) is 35.9 Å². The van der Waals surface area contributed by atoms with Gasteiger partial charge in [0.05, 0.1) is 29.2 Å². The van der Waals surface area contributed by atoms with E-state index in [9.17, 15) is 24.9 Å². The number of anilines is 1. The van der Waals surface area contributed by atoms with Gasteiger partial charge >= 0.3 is 11.9 Å². The monoisotopic (exact) mass is 741 g/mol. The van der Waals surface area contributed by atoms with Crippen molar-refractivity contribution >= 4 is 17.6 Å². The number of hydrogen-bond acceptors (Lipinski definition) is 8. The maximum Gasteiger partial charge on any atom is 0.362 e. The standard InChI is InChI=1S/C45H61N2O7/c1-5-27-28-20-34-39-44(32-8-6-7-9-33(32)46(39)4)21-35(38(28)40(44)50)47(34,41(27)51)22-37(49)54-26-12-15-42(2)25(19-26)10-11-31-30(42)13-16-43(3)29(14-17-45(31,43)52)24-18-36(48)53-23-24/h6-9,18,25-31,34-35,38-41,50-52H,5,10-17,19-23H2,1-4H3/q+1/t25?,26?,27?,28?,29?,30-,31+,34?,35?,38?,39?,40?,41+,42?,43?,44?,45?,47?/m0/s1. The first-order valence-corrected chi connectivity index (χ1v) is 21.7. The number of hydrogen-bond donors (Lipinski definition) is 3. The van der Waals surface area contributed by atoms with Gasteiger partial charge < -0.3 is 29.7 Å². The molecule has 11 aliphatic rings. The fourth-order valence-corrected chi connectivity index (χ4v) is 17.6.